The van der Waals surface area contributed by atoms with Gasteiger partial charge in [-0.05, 0) is 50.7 Å². The van der Waals surface area contributed by atoms with Crippen molar-refractivity contribution in [2.24, 2.45) is 5.41 Å². The Morgan fingerprint density at radius 2 is 1.58 bits per heavy atom. The smallest absolute Gasteiger partial charge is 0.496 e. The number of amides is 2. The predicted molar refractivity (Wildman–Crippen MR) is 157 cm³/mol. The maximum Gasteiger partial charge on any atom is 0.586 e. The fourth-order valence-corrected chi connectivity index (χ4v) is 9.77. The number of aromatic nitrogens is 1. The van der Waals surface area contributed by atoms with E-state index in [9.17, 15) is 40.0 Å². The molecule has 1 aromatic heterocycles. The van der Waals surface area contributed by atoms with E-state index in [0.717, 1.165) is 12.1 Å². The first-order valence-corrected chi connectivity index (χ1v) is 17.1. The Labute approximate surface area is 270 Å². The van der Waals surface area contributed by atoms with Crippen LogP contribution in [0.1, 0.15) is 59.2 Å². The van der Waals surface area contributed by atoms with Crippen molar-refractivity contribution in [1.29, 1.82) is 0 Å². The molecule has 48 heavy (non-hydrogen) atoms. The average molecular weight is 700 g/mol. The fraction of sp³-hybridized carbons (Fsp3) is 0.567. The van der Waals surface area contributed by atoms with Crippen molar-refractivity contribution in [3.05, 3.63) is 35.5 Å². The van der Waals surface area contributed by atoms with Crippen LogP contribution in [0, 0.1) is 5.41 Å². The normalized spacial score (nSPS) is 33.2. The quantitative estimate of drug-likeness (QED) is 0.349. The second kappa shape index (κ2) is 9.61. The van der Waals surface area contributed by atoms with Gasteiger partial charge in [-0.25, -0.2) is 13.4 Å². The largest absolute Gasteiger partial charge is 0.586 e. The first-order valence-electron chi connectivity index (χ1n) is 15.3. The van der Waals surface area contributed by atoms with E-state index < -0.39 is 62.1 Å². The monoisotopic (exact) mass is 699 g/mol. The summed E-state index contributed by atoms with van der Waals surface area (Å²) in [6, 6.07) is 3.38. The molecule has 2 aliphatic heterocycles. The number of anilines is 2. The minimum atomic E-state index is -4.41. The zero-order chi connectivity index (χ0) is 34.1. The van der Waals surface area contributed by atoms with Crippen LogP contribution in [-0.2, 0) is 9.84 Å². The van der Waals surface area contributed by atoms with Gasteiger partial charge in [0.2, 0.25) is 0 Å². The van der Waals surface area contributed by atoms with E-state index in [2.05, 4.69) is 35.3 Å². The number of nitrogens with zero attached hydrogens (tertiary/aromatic N) is 2. The third-order valence-corrected chi connectivity index (χ3v) is 12.4. The molecule has 7 fully saturated rings. The third kappa shape index (κ3) is 4.69. The number of carbonyl (C=O) groups is 2. The molecule has 4 bridgehead atoms. The third-order valence-electron chi connectivity index (χ3n) is 10.8. The summed E-state index contributed by atoms with van der Waals surface area (Å²) in [6.07, 6.45) is -5.81. The molecular formula is C30H30F5N5O7S. The first kappa shape index (κ1) is 31.3. The molecule has 10 rings (SSSR count). The van der Waals surface area contributed by atoms with E-state index >= 15 is 0 Å². The standard InChI is InChI=1S/C30H30F5N5O7S/c1-45-18-2-3-36-22(38-27-13-28(14-27,15-27)40-4-6-48(43,44)7-5-40)21(18)24(42)37-17-9-20-19(46-30(34,35)47-20)8-16(17)23(41)39-26-10-25(11-26,12-26)29(31,32)33/h2-3,8-9H,4-7,10-15H2,1H3,(H,36,38)(H,37,42)(H,39,41). The molecular weight excluding hydrogens is 669 g/mol. The zero-order valence-corrected chi connectivity index (χ0v) is 26.2. The first-order chi connectivity index (χ1) is 22.4. The number of nitrogens with one attached hydrogen (secondary N) is 3. The minimum absolute atomic E-state index is 0.0382. The highest BCUT2D eigenvalue weighted by atomic mass is 32.2. The highest BCUT2D eigenvalue weighted by Crippen LogP contribution is 2.73. The van der Waals surface area contributed by atoms with Gasteiger partial charge >= 0.3 is 12.5 Å². The highest BCUT2D eigenvalue weighted by molar-refractivity contribution is 7.91. The molecule has 0 radical (unpaired) electrons. The predicted octanol–water partition coefficient (Wildman–Crippen LogP) is 3.70. The summed E-state index contributed by atoms with van der Waals surface area (Å²) in [5.41, 5.74) is -4.07. The second-order valence-corrected chi connectivity index (χ2v) is 16.3. The summed E-state index contributed by atoms with van der Waals surface area (Å²) < 4.78 is 106. The van der Waals surface area contributed by atoms with Crippen molar-refractivity contribution in [1.82, 2.24) is 15.2 Å². The van der Waals surface area contributed by atoms with Crippen LogP contribution in [0.4, 0.5) is 33.5 Å². The summed E-state index contributed by atoms with van der Waals surface area (Å²) in [5, 5.41) is 8.52. The van der Waals surface area contributed by atoms with Gasteiger partial charge in [0.15, 0.2) is 21.3 Å². The van der Waals surface area contributed by atoms with E-state index in [1.807, 2.05) is 0 Å². The molecule has 258 valence electrons. The Balaban J connectivity index is 1.03. The number of hydrogen-bond acceptors (Lipinski definition) is 10. The summed E-state index contributed by atoms with van der Waals surface area (Å²) in [6.45, 7) is 0.927. The Morgan fingerprint density at radius 1 is 0.958 bits per heavy atom. The molecule has 2 aromatic rings. The number of hydrogen-bond donors (Lipinski definition) is 3. The van der Waals surface area contributed by atoms with Crippen molar-refractivity contribution in [3.8, 4) is 17.2 Å². The number of sulfone groups is 1. The van der Waals surface area contributed by atoms with Gasteiger partial charge in [-0.15, -0.1) is 8.78 Å². The van der Waals surface area contributed by atoms with Crippen LogP contribution in [0.2, 0.25) is 0 Å². The zero-order valence-electron chi connectivity index (χ0n) is 25.4. The van der Waals surface area contributed by atoms with Crippen molar-refractivity contribution in [2.75, 3.05) is 42.3 Å². The van der Waals surface area contributed by atoms with E-state index in [1.165, 1.54) is 19.4 Å². The van der Waals surface area contributed by atoms with Crippen molar-refractivity contribution in [2.45, 2.75) is 67.6 Å². The van der Waals surface area contributed by atoms with Gasteiger partial charge in [0.05, 0.1) is 35.3 Å². The van der Waals surface area contributed by atoms with Crippen LogP contribution in [0.15, 0.2) is 24.4 Å². The van der Waals surface area contributed by atoms with Crippen LogP contribution in [0.3, 0.4) is 0 Å². The summed E-state index contributed by atoms with van der Waals surface area (Å²) in [4.78, 5) is 33.9. The molecule has 1 saturated heterocycles. The Kier molecular flexibility index (Phi) is 6.27. The number of ether oxygens (including phenoxy) is 3. The maximum atomic E-state index is 14.0. The van der Waals surface area contributed by atoms with Gasteiger partial charge < -0.3 is 30.2 Å². The van der Waals surface area contributed by atoms with E-state index in [4.69, 9.17) is 4.74 Å². The van der Waals surface area contributed by atoms with E-state index in [-0.39, 0.29) is 64.7 Å². The summed E-state index contributed by atoms with van der Waals surface area (Å²) in [5.74, 6) is -2.13. The second-order valence-electron chi connectivity index (χ2n) is 14.0. The number of fused-ring (bicyclic) bond motifs is 1. The lowest BCUT2D eigenvalue weighted by atomic mass is 9.39. The maximum absolute atomic E-state index is 14.0. The molecule has 18 heteroatoms. The molecule has 3 N–H and O–H groups in total. The summed E-state index contributed by atoms with van der Waals surface area (Å²) >= 11 is 0. The molecule has 0 spiro atoms. The fourth-order valence-electron chi connectivity index (χ4n) is 8.57. The van der Waals surface area contributed by atoms with Crippen LogP contribution >= 0.6 is 0 Å². The van der Waals surface area contributed by atoms with Gasteiger partial charge in [0, 0.05) is 42.0 Å². The SMILES string of the molecule is COc1ccnc(NC23CC(N4CCS(=O)(=O)CC4)(C2)C3)c1C(=O)Nc1cc2c(cc1C(=O)NC13CC(C(F)(F)F)(C1)C3)OC(F)(F)O2. The highest BCUT2D eigenvalue weighted by Gasteiger charge is 2.79. The topological polar surface area (TPSA) is 148 Å². The average Bonchev–Trinajstić information content (AvgIpc) is 3.22. The number of methoxy groups -OCH3 is 1. The summed E-state index contributed by atoms with van der Waals surface area (Å²) in [7, 11) is -1.69. The van der Waals surface area contributed by atoms with Gasteiger partial charge in [-0.2, -0.15) is 13.2 Å². The van der Waals surface area contributed by atoms with Crippen LogP contribution in [0.25, 0.3) is 0 Å². The molecule has 0 atom stereocenters. The van der Waals surface area contributed by atoms with E-state index in [0.29, 0.717) is 32.4 Å². The molecule has 12 nitrogen and oxygen atoms in total. The van der Waals surface area contributed by atoms with Gasteiger partial charge in [-0.3, -0.25) is 14.5 Å². The molecule has 1 aromatic carbocycles. The lowest BCUT2D eigenvalue weighted by molar-refractivity contribution is -0.336. The van der Waals surface area contributed by atoms with Crippen molar-refractivity contribution in [3.63, 3.8) is 0 Å². The van der Waals surface area contributed by atoms with Crippen LogP contribution in [0.5, 0.6) is 17.2 Å². The number of pyridine rings is 1. The Morgan fingerprint density at radius 3 is 2.19 bits per heavy atom. The van der Waals surface area contributed by atoms with Gasteiger partial charge in [0.25, 0.3) is 11.8 Å². The van der Waals surface area contributed by atoms with Crippen LogP contribution < -0.4 is 30.2 Å². The molecule has 3 heterocycles. The van der Waals surface area contributed by atoms with Crippen molar-refractivity contribution < 1.29 is 54.2 Å². The molecule has 8 aliphatic rings. The van der Waals surface area contributed by atoms with Crippen molar-refractivity contribution >= 4 is 33.2 Å². The number of carbonyl (C=O) groups excluding carboxylic acids is 2. The number of alkyl halides is 5. The van der Waals surface area contributed by atoms with Gasteiger partial charge in [0.1, 0.15) is 17.1 Å². The molecule has 0 unspecified atom stereocenters. The number of halogens is 5. The van der Waals surface area contributed by atoms with E-state index in [1.54, 1.807) is 0 Å². The lowest BCUT2D eigenvalue weighted by Gasteiger charge is -2.74. The Hall–Kier alpha value is -3.93. The lowest BCUT2D eigenvalue weighted by Crippen LogP contribution is -2.82. The minimum Gasteiger partial charge on any atom is -0.496 e. The Bertz CT molecular complexity index is 1830. The van der Waals surface area contributed by atoms with Crippen LogP contribution in [-0.4, -0.2) is 90.9 Å². The molecule has 6 saturated carbocycles. The molecule has 2 amide bonds. The number of rotatable bonds is 8. The number of benzene rings is 1. The van der Waals surface area contributed by atoms with Gasteiger partial charge in [-0.1, -0.05) is 0 Å². The molecule has 6 aliphatic carbocycles.